The van der Waals surface area contributed by atoms with Crippen molar-refractivity contribution in [2.75, 3.05) is 20.6 Å². The smallest absolute Gasteiger partial charge is 0.0129 e. The van der Waals surface area contributed by atoms with Crippen molar-refractivity contribution in [2.45, 2.75) is 31.7 Å². The van der Waals surface area contributed by atoms with Crippen LogP contribution in [-0.4, -0.2) is 31.6 Å². The van der Waals surface area contributed by atoms with E-state index < -0.39 is 0 Å². The highest BCUT2D eigenvalue weighted by Crippen LogP contribution is 2.26. The zero-order chi connectivity index (χ0) is 8.27. The van der Waals surface area contributed by atoms with E-state index in [2.05, 4.69) is 19.0 Å². The van der Waals surface area contributed by atoms with Gasteiger partial charge in [0.2, 0.25) is 0 Å². The summed E-state index contributed by atoms with van der Waals surface area (Å²) in [5.41, 5.74) is 5.70. The molecule has 0 aliphatic heterocycles. The maximum absolute atomic E-state index is 5.70. The van der Waals surface area contributed by atoms with E-state index in [0.717, 1.165) is 18.5 Å². The molecule has 2 atom stereocenters. The van der Waals surface area contributed by atoms with Crippen molar-refractivity contribution in [3.8, 4) is 0 Å². The lowest BCUT2D eigenvalue weighted by Gasteiger charge is -2.35. The highest BCUT2D eigenvalue weighted by atomic mass is 15.1. The second kappa shape index (κ2) is 4.07. The Labute approximate surface area is 69.8 Å². The molecule has 1 fully saturated rings. The molecule has 1 saturated carbocycles. The van der Waals surface area contributed by atoms with Crippen LogP contribution < -0.4 is 5.73 Å². The Morgan fingerprint density at radius 3 is 2.36 bits per heavy atom. The third kappa shape index (κ3) is 2.17. The number of nitrogens with two attached hydrogens (primary N) is 1. The minimum absolute atomic E-state index is 0.744. The van der Waals surface area contributed by atoms with Crippen molar-refractivity contribution in [2.24, 2.45) is 11.7 Å². The van der Waals surface area contributed by atoms with E-state index >= 15 is 0 Å². The molecule has 0 bridgehead atoms. The van der Waals surface area contributed by atoms with Crippen LogP contribution in [-0.2, 0) is 0 Å². The largest absolute Gasteiger partial charge is 0.330 e. The lowest BCUT2D eigenvalue weighted by Crippen LogP contribution is -2.40. The van der Waals surface area contributed by atoms with Gasteiger partial charge in [0.15, 0.2) is 0 Å². The maximum Gasteiger partial charge on any atom is 0.0129 e. The van der Waals surface area contributed by atoms with Gasteiger partial charge in [-0.3, -0.25) is 0 Å². The zero-order valence-electron chi connectivity index (χ0n) is 7.71. The summed E-state index contributed by atoms with van der Waals surface area (Å²) in [6.07, 6.45) is 5.44. The summed E-state index contributed by atoms with van der Waals surface area (Å²) in [7, 11) is 4.33. The molecule has 0 radical (unpaired) electrons. The van der Waals surface area contributed by atoms with Crippen LogP contribution in [0.2, 0.25) is 0 Å². The number of rotatable bonds is 2. The van der Waals surface area contributed by atoms with Gasteiger partial charge in [0.1, 0.15) is 0 Å². The summed E-state index contributed by atoms with van der Waals surface area (Å²) < 4.78 is 0. The molecule has 0 heterocycles. The molecule has 0 aromatic carbocycles. The van der Waals surface area contributed by atoms with Crippen molar-refractivity contribution >= 4 is 0 Å². The molecule has 2 heteroatoms. The number of nitrogens with zero attached hydrogens (tertiary/aromatic N) is 1. The Kier molecular flexibility index (Phi) is 3.34. The average molecular weight is 156 g/mol. The molecule has 1 aliphatic carbocycles. The van der Waals surface area contributed by atoms with E-state index in [1.165, 1.54) is 25.7 Å². The molecular formula is C9H20N2. The minimum Gasteiger partial charge on any atom is -0.330 e. The summed E-state index contributed by atoms with van der Waals surface area (Å²) >= 11 is 0. The van der Waals surface area contributed by atoms with Gasteiger partial charge < -0.3 is 10.6 Å². The quantitative estimate of drug-likeness (QED) is 0.648. The van der Waals surface area contributed by atoms with Gasteiger partial charge >= 0.3 is 0 Å². The van der Waals surface area contributed by atoms with Gasteiger partial charge in [-0.1, -0.05) is 12.8 Å². The molecule has 0 amide bonds. The molecular weight excluding hydrogens is 136 g/mol. The van der Waals surface area contributed by atoms with Crippen LogP contribution in [0.25, 0.3) is 0 Å². The second-order valence-corrected chi connectivity index (χ2v) is 3.81. The van der Waals surface area contributed by atoms with Crippen LogP contribution in [0.4, 0.5) is 0 Å². The topological polar surface area (TPSA) is 29.3 Å². The van der Waals surface area contributed by atoms with E-state index in [1.807, 2.05) is 0 Å². The van der Waals surface area contributed by atoms with E-state index in [9.17, 15) is 0 Å². The van der Waals surface area contributed by atoms with Crippen LogP contribution in [0.3, 0.4) is 0 Å². The summed E-state index contributed by atoms with van der Waals surface area (Å²) in [5, 5.41) is 0. The monoisotopic (exact) mass is 156 g/mol. The minimum atomic E-state index is 0.744. The molecule has 0 aromatic heterocycles. The molecule has 2 unspecified atom stereocenters. The van der Waals surface area contributed by atoms with Crippen molar-refractivity contribution < 1.29 is 0 Å². The highest BCUT2D eigenvalue weighted by molar-refractivity contribution is 4.80. The normalized spacial score (nSPS) is 32.7. The Balaban J connectivity index is 2.44. The standard InChI is InChI=1S/C9H20N2/c1-11(2)9-6-4-3-5-8(9)7-10/h8-9H,3-7,10H2,1-2H3. The highest BCUT2D eigenvalue weighted by Gasteiger charge is 2.24. The first-order valence-electron chi connectivity index (χ1n) is 4.62. The summed E-state index contributed by atoms with van der Waals surface area (Å²) in [5.74, 6) is 0.749. The third-order valence-electron chi connectivity index (χ3n) is 2.83. The Morgan fingerprint density at radius 1 is 1.27 bits per heavy atom. The molecule has 0 spiro atoms. The lowest BCUT2D eigenvalue weighted by atomic mass is 9.84. The molecule has 0 saturated heterocycles. The fourth-order valence-electron chi connectivity index (χ4n) is 2.14. The third-order valence-corrected chi connectivity index (χ3v) is 2.83. The van der Waals surface area contributed by atoms with Crippen molar-refractivity contribution in [1.82, 2.24) is 4.90 Å². The van der Waals surface area contributed by atoms with E-state index in [4.69, 9.17) is 5.73 Å². The first kappa shape index (κ1) is 9.01. The maximum atomic E-state index is 5.70. The van der Waals surface area contributed by atoms with Gasteiger partial charge in [0.05, 0.1) is 0 Å². The summed E-state index contributed by atoms with van der Waals surface area (Å²) in [6, 6.07) is 0.744. The summed E-state index contributed by atoms with van der Waals surface area (Å²) in [6.45, 7) is 0.864. The molecule has 0 aromatic rings. The first-order chi connectivity index (χ1) is 5.25. The Hall–Kier alpha value is -0.0800. The predicted octanol–water partition coefficient (Wildman–Crippen LogP) is 1.07. The Bertz CT molecular complexity index is 112. The van der Waals surface area contributed by atoms with Gasteiger partial charge in [-0.25, -0.2) is 0 Å². The fraction of sp³-hybridized carbons (Fsp3) is 1.00. The molecule has 2 N–H and O–H groups in total. The molecule has 1 aliphatic rings. The van der Waals surface area contributed by atoms with E-state index in [-0.39, 0.29) is 0 Å². The van der Waals surface area contributed by atoms with Crippen LogP contribution in [0.5, 0.6) is 0 Å². The van der Waals surface area contributed by atoms with Gasteiger partial charge in [-0.15, -0.1) is 0 Å². The molecule has 2 nitrogen and oxygen atoms in total. The number of hydrogen-bond donors (Lipinski definition) is 1. The number of hydrogen-bond acceptors (Lipinski definition) is 2. The average Bonchev–Trinajstić information content (AvgIpc) is 2.04. The van der Waals surface area contributed by atoms with Gasteiger partial charge in [0, 0.05) is 6.04 Å². The van der Waals surface area contributed by atoms with E-state index in [1.54, 1.807) is 0 Å². The molecule has 1 rings (SSSR count). The molecule has 66 valence electrons. The van der Waals surface area contributed by atoms with Gasteiger partial charge in [-0.2, -0.15) is 0 Å². The SMILES string of the molecule is CN(C)C1CCCCC1CN. The van der Waals surface area contributed by atoms with Crippen LogP contribution >= 0.6 is 0 Å². The van der Waals surface area contributed by atoms with Crippen molar-refractivity contribution in [3.05, 3.63) is 0 Å². The van der Waals surface area contributed by atoms with Crippen LogP contribution in [0.15, 0.2) is 0 Å². The van der Waals surface area contributed by atoms with Gasteiger partial charge in [0.25, 0.3) is 0 Å². The predicted molar refractivity (Wildman–Crippen MR) is 48.5 cm³/mol. The van der Waals surface area contributed by atoms with Crippen LogP contribution in [0.1, 0.15) is 25.7 Å². The second-order valence-electron chi connectivity index (χ2n) is 3.81. The first-order valence-corrected chi connectivity index (χ1v) is 4.62. The van der Waals surface area contributed by atoms with Crippen molar-refractivity contribution in [3.63, 3.8) is 0 Å². The lowest BCUT2D eigenvalue weighted by molar-refractivity contribution is 0.160. The summed E-state index contributed by atoms with van der Waals surface area (Å²) in [4.78, 5) is 2.33. The Morgan fingerprint density at radius 2 is 1.91 bits per heavy atom. The van der Waals surface area contributed by atoms with Gasteiger partial charge in [-0.05, 0) is 39.4 Å². The fourth-order valence-corrected chi connectivity index (χ4v) is 2.14. The molecule has 11 heavy (non-hydrogen) atoms. The van der Waals surface area contributed by atoms with E-state index in [0.29, 0.717) is 0 Å². The zero-order valence-corrected chi connectivity index (χ0v) is 7.71. The van der Waals surface area contributed by atoms with Crippen LogP contribution in [0, 0.1) is 5.92 Å². The van der Waals surface area contributed by atoms with Crippen molar-refractivity contribution in [1.29, 1.82) is 0 Å².